The molecule has 4 heteroatoms. The van der Waals surface area contributed by atoms with Crippen LogP contribution in [-0.2, 0) is 14.4 Å². The van der Waals surface area contributed by atoms with Crippen molar-refractivity contribution in [2.24, 2.45) is 17.8 Å². The molecule has 1 aliphatic heterocycles. The van der Waals surface area contributed by atoms with E-state index in [1.807, 2.05) is 0 Å². The summed E-state index contributed by atoms with van der Waals surface area (Å²) in [5.74, 6) is 1.28. The van der Waals surface area contributed by atoms with Crippen molar-refractivity contribution in [3.8, 4) is 0 Å². The van der Waals surface area contributed by atoms with Crippen molar-refractivity contribution in [1.82, 2.24) is 4.90 Å². The highest BCUT2D eigenvalue weighted by Crippen LogP contribution is 2.44. The highest BCUT2D eigenvalue weighted by Gasteiger charge is 2.37. The number of Topliss-reactive ketones (excluding diaryl/α,β-unsaturated/α-hetero) is 1. The van der Waals surface area contributed by atoms with Gasteiger partial charge in [-0.15, -0.1) is 0 Å². The summed E-state index contributed by atoms with van der Waals surface area (Å²) in [6.45, 7) is -0.00469. The number of amides is 2. The normalized spacial score (nSPS) is 33.8. The number of likely N-dealkylation sites (tertiary alicyclic amines) is 1. The zero-order valence-corrected chi connectivity index (χ0v) is 10.3. The van der Waals surface area contributed by atoms with Crippen LogP contribution in [0.25, 0.3) is 0 Å². The van der Waals surface area contributed by atoms with Crippen LogP contribution in [0.15, 0.2) is 12.2 Å². The number of hydrogen-bond acceptors (Lipinski definition) is 3. The Labute approximate surface area is 106 Å². The van der Waals surface area contributed by atoms with Gasteiger partial charge >= 0.3 is 0 Å². The van der Waals surface area contributed by atoms with Crippen LogP contribution < -0.4 is 0 Å². The lowest BCUT2D eigenvalue weighted by atomic mass is 9.89. The van der Waals surface area contributed by atoms with Gasteiger partial charge in [-0.2, -0.15) is 0 Å². The maximum Gasteiger partial charge on any atom is 0.230 e. The second kappa shape index (κ2) is 4.34. The molecule has 2 bridgehead atoms. The molecule has 96 valence electrons. The Hall–Kier alpha value is -1.45. The first-order chi connectivity index (χ1) is 8.63. The number of carbonyl (C=O) groups excluding carboxylic acids is 3. The van der Waals surface area contributed by atoms with E-state index in [2.05, 4.69) is 12.2 Å². The monoisotopic (exact) mass is 247 g/mol. The molecule has 0 aromatic heterocycles. The SMILES string of the molecule is O=C(CC1CC2C=CC1C2)CN1C(=O)CCC1=O. The summed E-state index contributed by atoms with van der Waals surface area (Å²) in [4.78, 5) is 35.9. The molecule has 0 aromatic carbocycles. The molecule has 1 saturated carbocycles. The lowest BCUT2D eigenvalue weighted by Gasteiger charge is -2.19. The molecule has 0 aromatic rings. The topological polar surface area (TPSA) is 54.5 Å². The minimum absolute atomic E-state index is 0.00469. The molecule has 3 atom stereocenters. The van der Waals surface area contributed by atoms with Gasteiger partial charge < -0.3 is 0 Å². The summed E-state index contributed by atoms with van der Waals surface area (Å²) in [6.07, 6.45) is 7.79. The Morgan fingerprint density at radius 1 is 1.17 bits per heavy atom. The Bertz CT molecular complexity index is 424. The molecule has 3 aliphatic rings. The van der Waals surface area contributed by atoms with Gasteiger partial charge in [0, 0.05) is 19.3 Å². The average Bonchev–Trinajstić information content (AvgIpc) is 3.00. The second-order valence-corrected chi connectivity index (χ2v) is 5.66. The van der Waals surface area contributed by atoms with E-state index in [0.717, 1.165) is 11.3 Å². The zero-order valence-electron chi connectivity index (χ0n) is 10.3. The average molecular weight is 247 g/mol. The smallest absolute Gasteiger partial charge is 0.230 e. The highest BCUT2D eigenvalue weighted by molar-refractivity contribution is 6.04. The Kier molecular flexibility index (Phi) is 2.80. The van der Waals surface area contributed by atoms with E-state index in [1.165, 1.54) is 6.42 Å². The number of hydrogen-bond donors (Lipinski definition) is 0. The lowest BCUT2D eigenvalue weighted by molar-refractivity contribution is -0.142. The summed E-state index contributed by atoms with van der Waals surface area (Å²) >= 11 is 0. The molecule has 0 N–H and O–H groups in total. The Morgan fingerprint density at radius 2 is 1.89 bits per heavy atom. The van der Waals surface area contributed by atoms with Crippen molar-refractivity contribution >= 4 is 17.6 Å². The van der Waals surface area contributed by atoms with E-state index >= 15 is 0 Å². The molecule has 3 unspecified atom stereocenters. The third kappa shape index (κ3) is 2.00. The summed E-state index contributed by atoms with van der Waals surface area (Å²) in [6, 6.07) is 0. The van der Waals surface area contributed by atoms with Crippen LogP contribution >= 0.6 is 0 Å². The van der Waals surface area contributed by atoms with Crippen molar-refractivity contribution in [1.29, 1.82) is 0 Å². The number of carbonyl (C=O) groups is 3. The summed E-state index contributed by atoms with van der Waals surface area (Å²) < 4.78 is 0. The predicted octanol–water partition coefficient (Wildman–Crippen LogP) is 1.31. The van der Waals surface area contributed by atoms with Crippen molar-refractivity contribution in [3.05, 3.63) is 12.2 Å². The van der Waals surface area contributed by atoms with E-state index in [0.29, 0.717) is 24.2 Å². The highest BCUT2D eigenvalue weighted by atomic mass is 16.2. The first-order valence-corrected chi connectivity index (χ1v) is 6.66. The summed E-state index contributed by atoms with van der Waals surface area (Å²) in [5, 5.41) is 0. The van der Waals surface area contributed by atoms with Crippen molar-refractivity contribution in [2.45, 2.75) is 32.1 Å². The van der Waals surface area contributed by atoms with Gasteiger partial charge in [-0.05, 0) is 30.6 Å². The van der Waals surface area contributed by atoms with Gasteiger partial charge in [0.05, 0.1) is 6.54 Å². The number of fused-ring (bicyclic) bond motifs is 2. The fourth-order valence-electron chi connectivity index (χ4n) is 3.46. The van der Waals surface area contributed by atoms with Gasteiger partial charge in [0.2, 0.25) is 11.8 Å². The van der Waals surface area contributed by atoms with Crippen LogP contribution in [0.2, 0.25) is 0 Å². The molecule has 1 saturated heterocycles. The van der Waals surface area contributed by atoms with E-state index in [1.54, 1.807) is 0 Å². The molecule has 1 heterocycles. The first kappa shape index (κ1) is 11.6. The molecule has 4 nitrogen and oxygen atoms in total. The van der Waals surface area contributed by atoms with E-state index in [-0.39, 0.29) is 37.0 Å². The molecule has 2 aliphatic carbocycles. The van der Waals surface area contributed by atoms with Gasteiger partial charge in [0.15, 0.2) is 5.78 Å². The summed E-state index contributed by atoms with van der Waals surface area (Å²) in [7, 11) is 0. The van der Waals surface area contributed by atoms with Crippen LogP contribution in [0.1, 0.15) is 32.1 Å². The van der Waals surface area contributed by atoms with Crippen LogP contribution in [-0.4, -0.2) is 29.0 Å². The Balaban J connectivity index is 1.55. The van der Waals surface area contributed by atoms with Crippen molar-refractivity contribution < 1.29 is 14.4 Å². The van der Waals surface area contributed by atoms with Crippen molar-refractivity contribution in [3.63, 3.8) is 0 Å². The molecule has 0 spiro atoms. The van der Waals surface area contributed by atoms with E-state index < -0.39 is 0 Å². The molecule has 3 rings (SSSR count). The number of allylic oxidation sites excluding steroid dienone is 2. The number of imide groups is 1. The van der Waals surface area contributed by atoms with Gasteiger partial charge in [-0.3, -0.25) is 19.3 Å². The first-order valence-electron chi connectivity index (χ1n) is 6.66. The fraction of sp³-hybridized carbons (Fsp3) is 0.643. The van der Waals surface area contributed by atoms with E-state index in [9.17, 15) is 14.4 Å². The maximum absolute atomic E-state index is 12.0. The minimum Gasteiger partial charge on any atom is -0.298 e. The molecule has 2 fully saturated rings. The quantitative estimate of drug-likeness (QED) is 0.556. The predicted molar refractivity (Wildman–Crippen MR) is 64.4 cm³/mol. The third-order valence-electron chi connectivity index (χ3n) is 4.40. The van der Waals surface area contributed by atoms with Gasteiger partial charge in [0.25, 0.3) is 0 Å². The number of nitrogens with zero attached hydrogens (tertiary/aromatic N) is 1. The third-order valence-corrected chi connectivity index (χ3v) is 4.40. The molecule has 0 radical (unpaired) electrons. The molecular formula is C14H17NO3. The van der Waals surface area contributed by atoms with Gasteiger partial charge in [-0.1, -0.05) is 12.2 Å². The van der Waals surface area contributed by atoms with Gasteiger partial charge in [0.1, 0.15) is 0 Å². The zero-order chi connectivity index (χ0) is 12.7. The van der Waals surface area contributed by atoms with Crippen LogP contribution in [0, 0.1) is 17.8 Å². The van der Waals surface area contributed by atoms with Gasteiger partial charge in [-0.25, -0.2) is 0 Å². The number of ketones is 1. The van der Waals surface area contributed by atoms with Crippen LogP contribution in [0.5, 0.6) is 0 Å². The molecule has 2 amide bonds. The maximum atomic E-state index is 12.0. The lowest BCUT2D eigenvalue weighted by Crippen LogP contribution is -2.35. The molecule has 18 heavy (non-hydrogen) atoms. The van der Waals surface area contributed by atoms with Crippen LogP contribution in [0.3, 0.4) is 0 Å². The summed E-state index contributed by atoms with van der Waals surface area (Å²) in [5.41, 5.74) is 0. The fourth-order valence-corrected chi connectivity index (χ4v) is 3.46. The van der Waals surface area contributed by atoms with Crippen LogP contribution in [0.4, 0.5) is 0 Å². The largest absolute Gasteiger partial charge is 0.298 e. The second-order valence-electron chi connectivity index (χ2n) is 5.66. The number of rotatable bonds is 4. The minimum atomic E-state index is -0.193. The molecular weight excluding hydrogens is 230 g/mol. The van der Waals surface area contributed by atoms with Crippen molar-refractivity contribution in [2.75, 3.05) is 6.54 Å². The standard InChI is InChI=1S/C14H17NO3/c16-12(8-15-13(17)3-4-14(15)18)7-11-6-9-1-2-10(11)5-9/h1-2,9-11H,3-8H2. The van der Waals surface area contributed by atoms with E-state index in [4.69, 9.17) is 0 Å². The Morgan fingerprint density at radius 3 is 2.44 bits per heavy atom.